The smallest absolute Gasteiger partial charge is 0.409 e. The average molecular weight is 412 g/mol. The highest BCUT2D eigenvalue weighted by molar-refractivity contribution is 7.98. The number of ether oxygens (including phenoxy) is 1. The van der Waals surface area contributed by atoms with Gasteiger partial charge in [-0.3, -0.25) is 0 Å². The van der Waals surface area contributed by atoms with Gasteiger partial charge in [0.25, 0.3) is 0 Å². The Balaban J connectivity index is 1.91. The van der Waals surface area contributed by atoms with E-state index in [1.165, 1.54) is 0 Å². The summed E-state index contributed by atoms with van der Waals surface area (Å²) in [5.74, 6) is 3.61. The SMILES string of the molecule is CCOC(=O)N1CCC(NC(=NCc2nnc(C)n2C)NCCCSC)CC1. The zero-order valence-electron chi connectivity index (χ0n) is 17.4. The molecule has 0 aromatic carbocycles. The number of nitrogens with zero attached hydrogens (tertiary/aromatic N) is 5. The molecule has 1 aromatic heterocycles. The molecule has 1 aromatic rings. The quantitative estimate of drug-likeness (QED) is 0.380. The highest BCUT2D eigenvalue weighted by Gasteiger charge is 2.24. The Hall–Kier alpha value is -1.97. The molecule has 1 aliphatic heterocycles. The van der Waals surface area contributed by atoms with E-state index in [-0.39, 0.29) is 12.1 Å². The van der Waals surface area contributed by atoms with Gasteiger partial charge in [-0.25, -0.2) is 9.79 Å². The van der Waals surface area contributed by atoms with Crippen molar-refractivity contribution in [3.8, 4) is 0 Å². The van der Waals surface area contributed by atoms with E-state index in [0.29, 0.717) is 26.2 Å². The molecule has 2 N–H and O–H groups in total. The molecule has 1 fully saturated rings. The van der Waals surface area contributed by atoms with E-state index >= 15 is 0 Å². The average Bonchev–Trinajstić information content (AvgIpc) is 3.02. The van der Waals surface area contributed by atoms with E-state index in [9.17, 15) is 4.79 Å². The first-order valence-corrected chi connectivity index (χ1v) is 11.2. The van der Waals surface area contributed by atoms with Crippen LogP contribution >= 0.6 is 11.8 Å². The van der Waals surface area contributed by atoms with Gasteiger partial charge < -0.3 is 24.8 Å². The van der Waals surface area contributed by atoms with Gasteiger partial charge in [0.05, 0.1) is 6.61 Å². The van der Waals surface area contributed by atoms with Crippen LogP contribution in [-0.4, -0.2) is 76.0 Å². The first-order chi connectivity index (χ1) is 13.5. The molecule has 158 valence electrons. The summed E-state index contributed by atoms with van der Waals surface area (Å²) in [6, 6.07) is 0.277. The number of hydrogen-bond acceptors (Lipinski definition) is 6. The van der Waals surface area contributed by atoms with Crippen LogP contribution in [0.3, 0.4) is 0 Å². The van der Waals surface area contributed by atoms with Crippen molar-refractivity contribution >= 4 is 23.8 Å². The van der Waals surface area contributed by atoms with Crippen molar-refractivity contribution in [3.63, 3.8) is 0 Å². The third-order valence-corrected chi connectivity index (χ3v) is 5.44. The Morgan fingerprint density at radius 2 is 2.11 bits per heavy atom. The number of aliphatic imine (C=N–C) groups is 1. The number of guanidine groups is 1. The van der Waals surface area contributed by atoms with Gasteiger partial charge in [-0.1, -0.05) is 0 Å². The second-order valence-electron chi connectivity index (χ2n) is 6.77. The first-order valence-electron chi connectivity index (χ1n) is 9.85. The predicted molar refractivity (Wildman–Crippen MR) is 113 cm³/mol. The molecule has 0 radical (unpaired) electrons. The van der Waals surface area contributed by atoms with Crippen LogP contribution in [0.25, 0.3) is 0 Å². The van der Waals surface area contributed by atoms with Crippen molar-refractivity contribution in [2.75, 3.05) is 38.2 Å². The number of nitrogens with one attached hydrogen (secondary N) is 2. The van der Waals surface area contributed by atoms with Crippen LogP contribution in [0.4, 0.5) is 4.79 Å². The summed E-state index contributed by atoms with van der Waals surface area (Å²) in [4.78, 5) is 18.3. The Bertz CT molecular complexity index is 642. The van der Waals surface area contributed by atoms with E-state index in [1.54, 1.807) is 4.90 Å². The standard InChI is InChI=1S/C18H33N7O2S/c1-5-27-18(26)25-10-7-15(8-11-25)21-17(19-9-6-12-28-4)20-13-16-23-22-14(2)24(16)3/h15H,5-13H2,1-4H3,(H2,19,20,21). The maximum absolute atomic E-state index is 11.9. The highest BCUT2D eigenvalue weighted by atomic mass is 32.2. The van der Waals surface area contributed by atoms with Crippen LogP contribution in [0.1, 0.15) is 37.8 Å². The summed E-state index contributed by atoms with van der Waals surface area (Å²) in [6.07, 6.45) is 4.70. The number of aromatic nitrogens is 3. The van der Waals surface area contributed by atoms with Crippen molar-refractivity contribution in [1.29, 1.82) is 0 Å². The number of aryl methyl sites for hydroxylation is 1. The largest absolute Gasteiger partial charge is 0.450 e. The fourth-order valence-electron chi connectivity index (χ4n) is 2.93. The second-order valence-corrected chi connectivity index (χ2v) is 7.75. The minimum atomic E-state index is -0.220. The Labute approximate surface area is 171 Å². The fourth-order valence-corrected chi connectivity index (χ4v) is 3.36. The summed E-state index contributed by atoms with van der Waals surface area (Å²) in [7, 11) is 1.95. The molecule has 0 spiro atoms. The second kappa shape index (κ2) is 11.8. The summed E-state index contributed by atoms with van der Waals surface area (Å²) in [5.41, 5.74) is 0. The molecule has 0 saturated carbocycles. The van der Waals surface area contributed by atoms with Gasteiger partial charge in [0.15, 0.2) is 11.8 Å². The Morgan fingerprint density at radius 3 is 2.71 bits per heavy atom. The number of hydrogen-bond donors (Lipinski definition) is 2. The monoisotopic (exact) mass is 411 g/mol. The molecule has 1 amide bonds. The van der Waals surface area contributed by atoms with Gasteiger partial charge in [-0.05, 0) is 45.1 Å². The normalized spacial score (nSPS) is 15.6. The van der Waals surface area contributed by atoms with E-state index < -0.39 is 0 Å². The topological polar surface area (TPSA) is 96.7 Å². The summed E-state index contributed by atoms with van der Waals surface area (Å²) >= 11 is 1.84. The lowest BCUT2D eigenvalue weighted by Gasteiger charge is -2.32. The molecule has 1 saturated heterocycles. The zero-order chi connectivity index (χ0) is 20.4. The third kappa shape index (κ3) is 6.88. The molecule has 1 aliphatic rings. The first kappa shape index (κ1) is 22.3. The number of piperidine rings is 1. The molecule has 2 heterocycles. The lowest BCUT2D eigenvalue weighted by molar-refractivity contribution is 0.0963. The fraction of sp³-hybridized carbons (Fsp3) is 0.778. The number of likely N-dealkylation sites (tertiary alicyclic amines) is 1. The molecule has 0 atom stereocenters. The van der Waals surface area contributed by atoms with Crippen molar-refractivity contribution in [3.05, 3.63) is 11.6 Å². The summed E-state index contributed by atoms with van der Waals surface area (Å²) in [6.45, 7) is 6.89. The minimum Gasteiger partial charge on any atom is -0.450 e. The van der Waals surface area contributed by atoms with Crippen LogP contribution < -0.4 is 10.6 Å². The molecule has 0 aliphatic carbocycles. The van der Waals surface area contributed by atoms with Crippen LogP contribution in [0.5, 0.6) is 0 Å². The van der Waals surface area contributed by atoms with Gasteiger partial charge in [0, 0.05) is 32.7 Å². The van der Waals surface area contributed by atoms with Crippen molar-refractivity contribution in [1.82, 2.24) is 30.3 Å². The van der Waals surface area contributed by atoms with Crippen molar-refractivity contribution < 1.29 is 9.53 Å². The Kier molecular flexibility index (Phi) is 9.39. The van der Waals surface area contributed by atoms with Crippen LogP contribution in [0, 0.1) is 6.92 Å². The lowest BCUT2D eigenvalue weighted by atomic mass is 10.1. The Morgan fingerprint density at radius 1 is 1.36 bits per heavy atom. The van der Waals surface area contributed by atoms with Gasteiger partial charge in [-0.2, -0.15) is 11.8 Å². The lowest BCUT2D eigenvalue weighted by Crippen LogP contribution is -2.50. The maximum Gasteiger partial charge on any atom is 0.409 e. The van der Waals surface area contributed by atoms with E-state index in [2.05, 4.69) is 27.1 Å². The van der Waals surface area contributed by atoms with Gasteiger partial charge >= 0.3 is 6.09 Å². The van der Waals surface area contributed by atoms with Crippen LogP contribution in [0.2, 0.25) is 0 Å². The predicted octanol–water partition coefficient (Wildman–Crippen LogP) is 1.53. The molecule has 10 heteroatoms. The molecule has 0 bridgehead atoms. The summed E-state index contributed by atoms with van der Waals surface area (Å²) < 4.78 is 7.04. The number of carbonyl (C=O) groups excluding carboxylic acids is 1. The number of amides is 1. The van der Waals surface area contributed by atoms with Crippen molar-refractivity contribution in [2.45, 2.75) is 45.7 Å². The zero-order valence-corrected chi connectivity index (χ0v) is 18.2. The van der Waals surface area contributed by atoms with Gasteiger partial charge in [0.1, 0.15) is 12.4 Å². The van der Waals surface area contributed by atoms with Crippen LogP contribution in [-0.2, 0) is 18.3 Å². The van der Waals surface area contributed by atoms with Crippen LogP contribution in [0.15, 0.2) is 4.99 Å². The molecular formula is C18H33N7O2S. The van der Waals surface area contributed by atoms with Gasteiger partial charge in [0.2, 0.25) is 0 Å². The number of rotatable bonds is 8. The molecule has 0 unspecified atom stereocenters. The summed E-state index contributed by atoms with van der Waals surface area (Å²) in [5, 5.41) is 15.2. The van der Waals surface area contributed by atoms with E-state index in [0.717, 1.165) is 49.2 Å². The number of thioether (sulfide) groups is 1. The molecule has 9 nitrogen and oxygen atoms in total. The van der Waals surface area contributed by atoms with Gasteiger partial charge in [-0.15, -0.1) is 10.2 Å². The highest BCUT2D eigenvalue weighted by Crippen LogP contribution is 2.11. The van der Waals surface area contributed by atoms with E-state index in [4.69, 9.17) is 9.73 Å². The van der Waals surface area contributed by atoms with Crippen molar-refractivity contribution in [2.24, 2.45) is 12.0 Å². The molecule has 28 heavy (non-hydrogen) atoms. The van der Waals surface area contributed by atoms with E-state index in [1.807, 2.05) is 37.2 Å². The third-order valence-electron chi connectivity index (χ3n) is 4.74. The minimum absolute atomic E-state index is 0.220. The molecular weight excluding hydrogens is 378 g/mol. The number of carbonyl (C=O) groups is 1. The molecule has 2 rings (SSSR count). The maximum atomic E-state index is 11.9.